The van der Waals surface area contributed by atoms with E-state index in [1.807, 2.05) is 0 Å². The zero-order chi connectivity index (χ0) is 13.8. The highest BCUT2D eigenvalue weighted by Gasteiger charge is 2.33. The highest BCUT2D eigenvalue weighted by Crippen LogP contribution is 2.22. The summed E-state index contributed by atoms with van der Waals surface area (Å²) in [5, 5.41) is 9.21. The summed E-state index contributed by atoms with van der Waals surface area (Å²) < 4.78 is 0. The summed E-state index contributed by atoms with van der Waals surface area (Å²) in [6, 6.07) is -0.312. The van der Waals surface area contributed by atoms with Crippen LogP contribution in [-0.2, 0) is 9.59 Å². The molecule has 2 aliphatic rings. The number of rotatable bonds is 3. The van der Waals surface area contributed by atoms with Crippen LogP contribution in [0, 0.1) is 0 Å². The summed E-state index contributed by atoms with van der Waals surface area (Å²) in [6.45, 7) is 1.65. The topological polar surface area (TPSA) is 60.9 Å². The number of carbonyl (C=O) groups is 2. The van der Waals surface area contributed by atoms with Gasteiger partial charge in [0, 0.05) is 19.0 Å². The number of aliphatic carboxylic acids is 1. The maximum atomic E-state index is 12.4. The SMILES string of the molecule is CN1CCCCC1CC(=O)N1CCCCC1C(=O)O. The predicted octanol–water partition coefficient (Wildman–Crippen LogP) is 1.33. The molecule has 2 saturated heterocycles. The number of piperidine rings is 2. The second-order valence-corrected chi connectivity index (χ2v) is 5.77. The van der Waals surface area contributed by atoms with E-state index in [2.05, 4.69) is 11.9 Å². The first-order valence-corrected chi connectivity index (χ1v) is 7.32. The molecule has 2 atom stereocenters. The molecular weight excluding hydrogens is 244 g/mol. The summed E-state index contributed by atoms with van der Waals surface area (Å²) in [7, 11) is 2.06. The van der Waals surface area contributed by atoms with Crippen molar-refractivity contribution >= 4 is 11.9 Å². The van der Waals surface area contributed by atoms with Gasteiger partial charge in [0.1, 0.15) is 6.04 Å². The van der Waals surface area contributed by atoms with Crippen molar-refractivity contribution in [2.24, 2.45) is 0 Å². The van der Waals surface area contributed by atoms with Crippen molar-refractivity contribution in [2.75, 3.05) is 20.1 Å². The average Bonchev–Trinajstić information content (AvgIpc) is 2.41. The van der Waals surface area contributed by atoms with Gasteiger partial charge in [-0.05, 0) is 45.7 Å². The Kier molecular flexibility index (Phi) is 4.80. The minimum atomic E-state index is -0.856. The van der Waals surface area contributed by atoms with Crippen LogP contribution in [0.3, 0.4) is 0 Å². The molecular formula is C14H24N2O3. The molecule has 0 aromatic carbocycles. The van der Waals surface area contributed by atoms with Crippen molar-refractivity contribution < 1.29 is 14.7 Å². The first-order chi connectivity index (χ1) is 9.09. The second kappa shape index (κ2) is 6.37. The number of amides is 1. The van der Waals surface area contributed by atoms with Crippen LogP contribution < -0.4 is 0 Å². The first kappa shape index (κ1) is 14.3. The third-order valence-corrected chi connectivity index (χ3v) is 4.44. The van der Waals surface area contributed by atoms with Gasteiger partial charge in [0.15, 0.2) is 0 Å². The van der Waals surface area contributed by atoms with E-state index in [0.29, 0.717) is 19.4 Å². The number of likely N-dealkylation sites (tertiary alicyclic amines) is 2. The minimum absolute atomic E-state index is 0.0193. The van der Waals surface area contributed by atoms with Crippen LogP contribution in [0.15, 0.2) is 0 Å². The monoisotopic (exact) mass is 268 g/mol. The third kappa shape index (κ3) is 3.47. The van der Waals surface area contributed by atoms with Gasteiger partial charge in [0.05, 0.1) is 0 Å². The fourth-order valence-corrected chi connectivity index (χ4v) is 3.21. The molecule has 2 unspecified atom stereocenters. The summed E-state index contributed by atoms with van der Waals surface area (Å²) in [6.07, 6.45) is 6.32. The summed E-state index contributed by atoms with van der Waals surface area (Å²) >= 11 is 0. The van der Waals surface area contributed by atoms with Crippen molar-refractivity contribution in [3.8, 4) is 0 Å². The van der Waals surface area contributed by atoms with Gasteiger partial charge in [-0.1, -0.05) is 6.42 Å². The summed E-state index contributed by atoms with van der Waals surface area (Å²) in [4.78, 5) is 27.4. The summed E-state index contributed by atoms with van der Waals surface area (Å²) in [5.74, 6) is -0.837. The molecule has 0 aliphatic carbocycles. The van der Waals surface area contributed by atoms with Crippen molar-refractivity contribution in [1.82, 2.24) is 9.80 Å². The Hall–Kier alpha value is -1.10. The third-order valence-electron chi connectivity index (χ3n) is 4.44. The maximum absolute atomic E-state index is 12.4. The van der Waals surface area contributed by atoms with Crippen LogP contribution in [0.25, 0.3) is 0 Å². The van der Waals surface area contributed by atoms with Crippen LogP contribution in [0.2, 0.25) is 0 Å². The number of carboxylic acids is 1. The molecule has 19 heavy (non-hydrogen) atoms. The molecule has 2 heterocycles. The lowest BCUT2D eigenvalue weighted by Crippen LogP contribution is -2.50. The van der Waals surface area contributed by atoms with E-state index in [9.17, 15) is 14.7 Å². The van der Waals surface area contributed by atoms with Gasteiger partial charge in [-0.2, -0.15) is 0 Å². The zero-order valence-corrected chi connectivity index (χ0v) is 11.7. The number of hydrogen-bond donors (Lipinski definition) is 1. The van der Waals surface area contributed by atoms with Gasteiger partial charge in [-0.25, -0.2) is 4.79 Å². The molecule has 5 nitrogen and oxygen atoms in total. The molecule has 0 aromatic rings. The Morgan fingerprint density at radius 2 is 1.79 bits per heavy atom. The van der Waals surface area contributed by atoms with Gasteiger partial charge < -0.3 is 14.9 Å². The van der Waals surface area contributed by atoms with Gasteiger partial charge in [0.2, 0.25) is 5.91 Å². The molecule has 2 aliphatic heterocycles. The maximum Gasteiger partial charge on any atom is 0.326 e. The first-order valence-electron chi connectivity index (χ1n) is 7.32. The lowest BCUT2D eigenvalue weighted by atomic mass is 9.97. The van der Waals surface area contributed by atoms with E-state index in [-0.39, 0.29) is 11.9 Å². The molecule has 2 fully saturated rings. The number of carbonyl (C=O) groups excluding carboxylic acids is 1. The van der Waals surface area contributed by atoms with E-state index in [0.717, 1.165) is 25.8 Å². The highest BCUT2D eigenvalue weighted by molar-refractivity contribution is 5.84. The molecule has 2 rings (SSSR count). The van der Waals surface area contributed by atoms with E-state index < -0.39 is 12.0 Å². The Bertz CT molecular complexity index is 346. The molecule has 0 bridgehead atoms. The van der Waals surface area contributed by atoms with Gasteiger partial charge in [0.25, 0.3) is 0 Å². The predicted molar refractivity (Wildman–Crippen MR) is 71.9 cm³/mol. The van der Waals surface area contributed by atoms with Gasteiger partial charge in [-0.3, -0.25) is 4.79 Å². The molecule has 108 valence electrons. The quantitative estimate of drug-likeness (QED) is 0.839. The largest absolute Gasteiger partial charge is 0.480 e. The van der Waals surface area contributed by atoms with E-state index in [1.54, 1.807) is 4.90 Å². The average molecular weight is 268 g/mol. The lowest BCUT2D eigenvalue weighted by molar-refractivity contribution is -0.152. The molecule has 0 saturated carbocycles. The Morgan fingerprint density at radius 3 is 2.47 bits per heavy atom. The van der Waals surface area contributed by atoms with Crippen molar-refractivity contribution in [3.63, 3.8) is 0 Å². The fourth-order valence-electron chi connectivity index (χ4n) is 3.21. The van der Waals surface area contributed by atoms with Crippen LogP contribution >= 0.6 is 0 Å². The molecule has 0 aromatic heterocycles. The molecule has 0 spiro atoms. The van der Waals surface area contributed by atoms with Crippen LogP contribution in [0.1, 0.15) is 44.9 Å². The smallest absolute Gasteiger partial charge is 0.326 e. The molecule has 5 heteroatoms. The normalized spacial score (nSPS) is 29.2. The van der Waals surface area contributed by atoms with E-state index in [1.165, 1.54) is 12.8 Å². The Balaban J connectivity index is 1.95. The van der Waals surface area contributed by atoms with E-state index in [4.69, 9.17) is 0 Å². The molecule has 1 amide bonds. The summed E-state index contributed by atoms with van der Waals surface area (Å²) in [5.41, 5.74) is 0. The lowest BCUT2D eigenvalue weighted by Gasteiger charge is -2.37. The number of hydrogen-bond acceptors (Lipinski definition) is 3. The molecule has 0 radical (unpaired) electrons. The molecule has 1 N–H and O–H groups in total. The Labute approximate surface area is 114 Å². The number of nitrogens with zero attached hydrogens (tertiary/aromatic N) is 2. The minimum Gasteiger partial charge on any atom is -0.480 e. The van der Waals surface area contributed by atoms with E-state index >= 15 is 0 Å². The van der Waals surface area contributed by atoms with Crippen molar-refractivity contribution in [3.05, 3.63) is 0 Å². The highest BCUT2D eigenvalue weighted by atomic mass is 16.4. The number of carboxylic acid groups (broad SMARTS) is 1. The van der Waals surface area contributed by atoms with Crippen LogP contribution in [-0.4, -0.2) is 59.0 Å². The van der Waals surface area contributed by atoms with Crippen molar-refractivity contribution in [1.29, 1.82) is 0 Å². The fraction of sp³-hybridized carbons (Fsp3) is 0.857. The van der Waals surface area contributed by atoms with Crippen molar-refractivity contribution in [2.45, 2.75) is 57.0 Å². The zero-order valence-electron chi connectivity index (χ0n) is 11.7. The Morgan fingerprint density at radius 1 is 1.11 bits per heavy atom. The standard InChI is InChI=1S/C14H24N2O3/c1-15-8-4-2-6-11(15)10-13(17)16-9-5-3-7-12(16)14(18)19/h11-12H,2-10H2,1H3,(H,18,19). The van der Waals surface area contributed by atoms with Gasteiger partial charge >= 0.3 is 5.97 Å². The van der Waals surface area contributed by atoms with Crippen LogP contribution in [0.4, 0.5) is 0 Å². The second-order valence-electron chi connectivity index (χ2n) is 5.77. The van der Waals surface area contributed by atoms with Gasteiger partial charge in [-0.15, -0.1) is 0 Å². The van der Waals surface area contributed by atoms with Crippen LogP contribution in [0.5, 0.6) is 0 Å².